The quantitative estimate of drug-likeness (QED) is 0.689. The highest BCUT2D eigenvalue weighted by atomic mass is 32.2. The van der Waals surface area contributed by atoms with Crippen molar-refractivity contribution >= 4 is 21.4 Å². The Hall–Kier alpha value is -2.55. The monoisotopic (exact) mass is 311 g/mol. The van der Waals surface area contributed by atoms with Crippen LogP contribution in [0.4, 0.5) is 15.8 Å². The second-order valence-corrected chi connectivity index (χ2v) is 5.85. The number of nitrogens with one attached hydrogen (secondary N) is 1. The lowest BCUT2D eigenvalue weighted by Gasteiger charge is -2.08. The molecule has 2 rings (SSSR count). The van der Waals surface area contributed by atoms with Gasteiger partial charge in [0.05, 0.1) is 16.8 Å². The average molecular weight is 311 g/mol. The number of nitro groups is 1. The molecule has 0 unspecified atom stereocenters. The third-order valence-electron chi connectivity index (χ3n) is 2.55. The Labute approximate surface area is 119 Å². The number of hydrogen-bond acceptors (Lipinski definition) is 5. The van der Waals surface area contributed by atoms with Gasteiger partial charge in [0, 0.05) is 6.20 Å². The van der Waals surface area contributed by atoms with Crippen LogP contribution in [0.2, 0.25) is 0 Å². The number of anilines is 1. The molecule has 1 aromatic heterocycles. The van der Waals surface area contributed by atoms with E-state index in [9.17, 15) is 22.9 Å². The summed E-state index contributed by atoms with van der Waals surface area (Å²) in [5.41, 5.74) is -0.261. The topological polar surface area (TPSA) is 102 Å². The molecule has 0 radical (unpaired) electrons. The van der Waals surface area contributed by atoms with E-state index in [0.717, 1.165) is 18.2 Å². The van der Waals surface area contributed by atoms with Gasteiger partial charge in [-0.1, -0.05) is 6.07 Å². The number of para-hydroxylation sites is 1. The van der Waals surface area contributed by atoms with E-state index in [-0.39, 0.29) is 5.69 Å². The molecule has 0 aliphatic carbocycles. The minimum Gasteiger partial charge on any atom is -0.278 e. The molecule has 0 amide bonds. The lowest BCUT2D eigenvalue weighted by molar-refractivity contribution is -0.390. The van der Waals surface area contributed by atoms with Crippen molar-refractivity contribution in [3.63, 3.8) is 0 Å². The van der Waals surface area contributed by atoms with Crippen molar-refractivity contribution in [2.24, 2.45) is 0 Å². The number of benzene rings is 1. The Morgan fingerprint density at radius 2 is 2.05 bits per heavy atom. The SMILES string of the molecule is Cc1cncc(NS(=O)(=O)c2cccc(F)c2[N+](=O)[O-])c1. The molecule has 110 valence electrons. The minimum absolute atomic E-state index is 0.133. The first-order valence-corrected chi connectivity index (χ1v) is 7.17. The van der Waals surface area contributed by atoms with Crippen LogP contribution in [0, 0.1) is 22.9 Å². The standard InChI is InChI=1S/C12H10FN3O4S/c1-8-5-9(7-14-6-8)15-21(19,20)11-4-2-3-10(13)12(11)16(17)18/h2-7,15H,1H3. The molecule has 0 spiro atoms. The van der Waals surface area contributed by atoms with Crippen LogP contribution < -0.4 is 4.72 Å². The fourth-order valence-electron chi connectivity index (χ4n) is 1.71. The number of halogens is 1. The summed E-state index contributed by atoms with van der Waals surface area (Å²) in [6.45, 7) is 1.70. The second-order valence-electron chi connectivity index (χ2n) is 4.20. The lowest BCUT2D eigenvalue weighted by atomic mass is 10.3. The molecule has 0 aliphatic rings. The van der Waals surface area contributed by atoms with Crippen LogP contribution in [0.3, 0.4) is 0 Å². The highest BCUT2D eigenvalue weighted by Gasteiger charge is 2.29. The van der Waals surface area contributed by atoms with Gasteiger partial charge in [-0.15, -0.1) is 0 Å². The maximum Gasteiger partial charge on any atom is 0.325 e. The molecule has 1 N–H and O–H groups in total. The first kappa shape index (κ1) is 14.9. The number of nitrogens with zero attached hydrogens (tertiary/aromatic N) is 2. The van der Waals surface area contributed by atoms with E-state index in [0.29, 0.717) is 5.56 Å². The van der Waals surface area contributed by atoms with E-state index < -0.39 is 31.3 Å². The third kappa shape index (κ3) is 3.14. The van der Waals surface area contributed by atoms with Crippen molar-refractivity contribution < 1.29 is 17.7 Å². The van der Waals surface area contributed by atoms with Gasteiger partial charge < -0.3 is 0 Å². The van der Waals surface area contributed by atoms with Gasteiger partial charge in [-0.05, 0) is 30.7 Å². The number of sulfonamides is 1. The Kier molecular flexibility index (Phi) is 3.85. The van der Waals surface area contributed by atoms with E-state index in [4.69, 9.17) is 0 Å². The summed E-state index contributed by atoms with van der Waals surface area (Å²) in [6, 6.07) is 4.37. The van der Waals surface area contributed by atoms with E-state index in [1.54, 1.807) is 6.92 Å². The minimum atomic E-state index is -4.30. The van der Waals surface area contributed by atoms with Gasteiger partial charge in [-0.3, -0.25) is 19.8 Å². The van der Waals surface area contributed by atoms with Crippen molar-refractivity contribution in [2.45, 2.75) is 11.8 Å². The van der Waals surface area contributed by atoms with Crippen molar-refractivity contribution in [3.05, 3.63) is 58.2 Å². The van der Waals surface area contributed by atoms with E-state index in [1.165, 1.54) is 18.5 Å². The van der Waals surface area contributed by atoms with Crippen LogP contribution in [0.5, 0.6) is 0 Å². The van der Waals surface area contributed by atoms with Crippen molar-refractivity contribution in [1.29, 1.82) is 0 Å². The molecule has 9 heteroatoms. The normalized spacial score (nSPS) is 11.1. The van der Waals surface area contributed by atoms with Crippen LogP contribution in [-0.4, -0.2) is 18.3 Å². The lowest BCUT2D eigenvalue weighted by Crippen LogP contribution is -2.15. The molecule has 0 aliphatic heterocycles. The highest BCUT2D eigenvalue weighted by Crippen LogP contribution is 2.28. The summed E-state index contributed by atoms with van der Waals surface area (Å²) in [6.07, 6.45) is 2.76. The maximum atomic E-state index is 13.5. The highest BCUT2D eigenvalue weighted by molar-refractivity contribution is 7.92. The fraction of sp³-hybridized carbons (Fsp3) is 0.0833. The van der Waals surface area contributed by atoms with Gasteiger partial charge in [0.1, 0.15) is 0 Å². The zero-order valence-electron chi connectivity index (χ0n) is 10.8. The number of hydrogen-bond donors (Lipinski definition) is 1. The van der Waals surface area contributed by atoms with Gasteiger partial charge in [-0.2, -0.15) is 4.39 Å². The second kappa shape index (κ2) is 5.44. The molecule has 0 atom stereocenters. The van der Waals surface area contributed by atoms with Crippen molar-refractivity contribution in [3.8, 4) is 0 Å². The summed E-state index contributed by atoms with van der Waals surface area (Å²) in [5.74, 6) is -1.22. The van der Waals surface area contributed by atoms with Crippen LogP contribution in [0.1, 0.15) is 5.56 Å². The molecule has 21 heavy (non-hydrogen) atoms. The summed E-state index contributed by atoms with van der Waals surface area (Å²) in [4.78, 5) is 12.8. The van der Waals surface area contributed by atoms with Gasteiger partial charge >= 0.3 is 5.69 Å². The van der Waals surface area contributed by atoms with Gasteiger partial charge in [0.2, 0.25) is 5.82 Å². The van der Waals surface area contributed by atoms with E-state index >= 15 is 0 Å². The van der Waals surface area contributed by atoms with Crippen LogP contribution in [0.25, 0.3) is 0 Å². The first-order chi connectivity index (χ1) is 9.81. The number of nitro benzene ring substituents is 1. The van der Waals surface area contributed by atoms with Crippen LogP contribution in [-0.2, 0) is 10.0 Å². The largest absolute Gasteiger partial charge is 0.325 e. The van der Waals surface area contributed by atoms with Crippen LogP contribution >= 0.6 is 0 Å². The van der Waals surface area contributed by atoms with E-state index in [2.05, 4.69) is 9.71 Å². The molecule has 0 fully saturated rings. The Morgan fingerprint density at radius 1 is 1.33 bits per heavy atom. The number of pyridine rings is 1. The predicted molar refractivity (Wildman–Crippen MR) is 72.8 cm³/mol. The van der Waals surface area contributed by atoms with Crippen LogP contribution in [0.15, 0.2) is 41.6 Å². The van der Waals surface area contributed by atoms with Gasteiger partial charge in [-0.25, -0.2) is 8.42 Å². The molecule has 1 heterocycles. The summed E-state index contributed by atoms with van der Waals surface area (Å²) < 4.78 is 40.0. The number of aromatic nitrogens is 1. The molecule has 0 saturated heterocycles. The number of rotatable bonds is 4. The molecule has 0 bridgehead atoms. The molecule has 1 aromatic carbocycles. The Balaban J connectivity index is 2.50. The van der Waals surface area contributed by atoms with Crippen molar-refractivity contribution in [1.82, 2.24) is 4.98 Å². The molecular formula is C12H10FN3O4S. The van der Waals surface area contributed by atoms with Gasteiger partial charge in [0.25, 0.3) is 10.0 Å². The smallest absolute Gasteiger partial charge is 0.278 e. The van der Waals surface area contributed by atoms with Crippen molar-refractivity contribution in [2.75, 3.05) is 4.72 Å². The van der Waals surface area contributed by atoms with Gasteiger partial charge in [0.15, 0.2) is 4.90 Å². The summed E-state index contributed by atoms with van der Waals surface area (Å²) >= 11 is 0. The zero-order chi connectivity index (χ0) is 15.6. The Bertz CT molecular complexity index is 808. The predicted octanol–water partition coefficient (Wildman–Crippen LogP) is 2.24. The summed E-state index contributed by atoms with van der Waals surface area (Å²) in [5, 5.41) is 10.9. The fourth-order valence-corrected chi connectivity index (χ4v) is 2.93. The molecule has 0 saturated carbocycles. The molecule has 7 nitrogen and oxygen atoms in total. The number of aryl methyl sites for hydroxylation is 1. The average Bonchev–Trinajstić information content (AvgIpc) is 2.37. The first-order valence-electron chi connectivity index (χ1n) is 5.68. The summed E-state index contributed by atoms with van der Waals surface area (Å²) in [7, 11) is -4.30. The maximum absolute atomic E-state index is 13.5. The van der Waals surface area contributed by atoms with E-state index in [1.807, 2.05) is 0 Å². The Morgan fingerprint density at radius 3 is 2.67 bits per heavy atom. The molecule has 2 aromatic rings. The third-order valence-corrected chi connectivity index (χ3v) is 3.96. The molecular weight excluding hydrogens is 301 g/mol. The zero-order valence-corrected chi connectivity index (χ0v) is 11.6.